The standard InChI is InChI=1S/C17H20N4O4/c1-19-13-3-2-11(15(22)21-5-4-14(21)16(23)24)10-12(13)18-17(19)20-6-8-25-9-7-20/h2-3,10,14H,4-9H2,1H3,(H,23,24). The van der Waals surface area contributed by atoms with Crippen LogP contribution in [0.25, 0.3) is 11.0 Å². The van der Waals surface area contributed by atoms with Crippen molar-refractivity contribution in [2.75, 3.05) is 37.7 Å². The van der Waals surface area contributed by atoms with Gasteiger partial charge in [-0.25, -0.2) is 9.78 Å². The van der Waals surface area contributed by atoms with E-state index in [1.54, 1.807) is 12.1 Å². The molecule has 2 aromatic rings. The highest BCUT2D eigenvalue weighted by atomic mass is 16.5. The molecule has 1 amide bonds. The zero-order valence-electron chi connectivity index (χ0n) is 14.0. The Hall–Kier alpha value is -2.61. The quantitative estimate of drug-likeness (QED) is 0.882. The maximum absolute atomic E-state index is 12.6. The average Bonchev–Trinajstić information content (AvgIpc) is 2.90. The molecular weight excluding hydrogens is 324 g/mol. The average molecular weight is 344 g/mol. The van der Waals surface area contributed by atoms with Crippen molar-refractivity contribution in [3.05, 3.63) is 23.8 Å². The number of carbonyl (C=O) groups excluding carboxylic acids is 1. The lowest BCUT2D eigenvalue weighted by Crippen LogP contribution is -2.55. The minimum Gasteiger partial charge on any atom is -0.480 e. The summed E-state index contributed by atoms with van der Waals surface area (Å²) in [6, 6.07) is 4.65. The molecule has 8 heteroatoms. The highest BCUT2D eigenvalue weighted by molar-refractivity contribution is 6.00. The van der Waals surface area contributed by atoms with Crippen LogP contribution < -0.4 is 4.90 Å². The van der Waals surface area contributed by atoms with Crippen molar-refractivity contribution < 1.29 is 19.4 Å². The van der Waals surface area contributed by atoms with E-state index in [-0.39, 0.29) is 5.91 Å². The molecule has 0 radical (unpaired) electrons. The predicted octanol–water partition coefficient (Wildman–Crippen LogP) is 0.709. The van der Waals surface area contributed by atoms with Gasteiger partial charge in [-0.3, -0.25) is 4.79 Å². The molecule has 1 aromatic heterocycles. The number of likely N-dealkylation sites (tertiary alicyclic amines) is 1. The molecule has 0 spiro atoms. The SMILES string of the molecule is Cn1c(N2CCOCC2)nc2cc(C(=O)N3CCC3C(=O)O)ccc21. The van der Waals surface area contributed by atoms with Gasteiger partial charge < -0.3 is 24.2 Å². The van der Waals surface area contributed by atoms with Crippen LogP contribution in [0.5, 0.6) is 0 Å². The van der Waals surface area contributed by atoms with Crippen LogP contribution in [0.1, 0.15) is 16.8 Å². The molecule has 0 saturated carbocycles. The number of carbonyl (C=O) groups is 2. The highest BCUT2D eigenvalue weighted by Crippen LogP contribution is 2.26. The molecule has 2 fully saturated rings. The molecule has 2 saturated heterocycles. The summed E-state index contributed by atoms with van der Waals surface area (Å²) in [4.78, 5) is 32.0. The zero-order valence-corrected chi connectivity index (χ0v) is 14.0. The minimum atomic E-state index is -0.951. The lowest BCUT2D eigenvalue weighted by Gasteiger charge is -2.37. The largest absolute Gasteiger partial charge is 0.480 e. The van der Waals surface area contributed by atoms with E-state index >= 15 is 0 Å². The fourth-order valence-corrected chi connectivity index (χ4v) is 3.42. The van der Waals surface area contributed by atoms with Gasteiger partial charge in [-0.1, -0.05) is 0 Å². The smallest absolute Gasteiger partial charge is 0.326 e. The summed E-state index contributed by atoms with van der Waals surface area (Å²) in [6.07, 6.45) is 0.508. The number of aryl methyl sites for hydroxylation is 1. The number of morpholine rings is 1. The first-order valence-corrected chi connectivity index (χ1v) is 8.39. The van der Waals surface area contributed by atoms with Crippen LogP contribution >= 0.6 is 0 Å². The third kappa shape index (κ3) is 2.62. The van der Waals surface area contributed by atoms with E-state index in [9.17, 15) is 9.59 Å². The number of fused-ring (bicyclic) bond motifs is 1. The molecule has 0 aliphatic carbocycles. The number of nitrogens with zero attached hydrogens (tertiary/aromatic N) is 4. The fraction of sp³-hybridized carbons (Fsp3) is 0.471. The number of amides is 1. The van der Waals surface area contributed by atoms with Gasteiger partial charge in [0.15, 0.2) is 0 Å². The number of hydrogen-bond acceptors (Lipinski definition) is 5. The Labute approximate surface area is 144 Å². The first kappa shape index (κ1) is 15.9. The number of rotatable bonds is 3. The number of imidazole rings is 1. The van der Waals surface area contributed by atoms with Crippen LogP contribution in [0.2, 0.25) is 0 Å². The Morgan fingerprint density at radius 2 is 2.00 bits per heavy atom. The van der Waals surface area contributed by atoms with Crippen molar-refractivity contribution in [1.82, 2.24) is 14.5 Å². The monoisotopic (exact) mass is 344 g/mol. The van der Waals surface area contributed by atoms with E-state index in [4.69, 9.17) is 9.84 Å². The van der Waals surface area contributed by atoms with Gasteiger partial charge in [-0.15, -0.1) is 0 Å². The molecule has 3 heterocycles. The maximum Gasteiger partial charge on any atom is 0.326 e. The van der Waals surface area contributed by atoms with Gasteiger partial charge in [0.1, 0.15) is 6.04 Å². The summed E-state index contributed by atoms with van der Waals surface area (Å²) in [7, 11) is 1.96. The molecule has 4 rings (SSSR count). The van der Waals surface area contributed by atoms with Crippen LogP contribution in [-0.4, -0.2) is 70.3 Å². The third-order valence-corrected chi connectivity index (χ3v) is 4.96. The van der Waals surface area contributed by atoms with Crippen molar-refractivity contribution in [3.63, 3.8) is 0 Å². The van der Waals surface area contributed by atoms with Crippen molar-refractivity contribution in [3.8, 4) is 0 Å². The maximum atomic E-state index is 12.6. The number of carboxylic acid groups (broad SMARTS) is 1. The van der Waals surface area contributed by atoms with E-state index in [0.717, 1.165) is 30.1 Å². The van der Waals surface area contributed by atoms with Crippen LogP contribution in [0, 0.1) is 0 Å². The molecule has 8 nitrogen and oxygen atoms in total. The Kier molecular flexibility index (Phi) is 3.84. The van der Waals surface area contributed by atoms with Crippen LogP contribution in [0.4, 0.5) is 5.95 Å². The molecule has 25 heavy (non-hydrogen) atoms. The summed E-state index contributed by atoms with van der Waals surface area (Å²) < 4.78 is 7.40. The van der Waals surface area contributed by atoms with Gasteiger partial charge in [0.2, 0.25) is 5.95 Å². The van der Waals surface area contributed by atoms with Crippen molar-refractivity contribution >= 4 is 28.9 Å². The Morgan fingerprint density at radius 3 is 2.64 bits per heavy atom. The molecule has 1 N–H and O–H groups in total. The number of benzene rings is 1. The summed E-state index contributed by atoms with van der Waals surface area (Å²) in [5.41, 5.74) is 2.16. The zero-order chi connectivity index (χ0) is 17.6. The second-order valence-corrected chi connectivity index (χ2v) is 6.41. The highest BCUT2D eigenvalue weighted by Gasteiger charge is 2.38. The molecule has 1 unspecified atom stereocenters. The number of hydrogen-bond donors (Lipinski definition) is 1. The number of aromatic nitrogens is 2. The lowest BCUT2D eigenvalue weighted by molar-refractivity contribution is -0.146. The molecule has 2 aliphatic rings. The molecule has 0 bridgehead atoms. The summed E-state index contributed by atoms with van der Waals surface area (Å²) >= 11 is 0. The van der Waals surface area contributed by atoms with Crippen molar-refractivity contribution in [1.29, 1.82) is 0 Å². The molecule has 1 aromatic carbocycles. The van der Waals surface area contributed by atoms with Gasteiger partial charge in [0.25, 0.3) is 5.91 Å². The predicted molar refractivity (Wildman–Crippen MR) is 90.8 cm³/mol. The summed E-state index contributed by atoms with van der Waals surface area (Å²) in [5, 5.41) is 9.13. The number of aliphatic carboxylic acids is 1. The van der Waals surface area contributed by atoms with Crippen LogP contribution in [-0.2, 0) is 16.6 Å². The van der Waals surface area contributed by atoms with E-state index < -0.39 is 12.0 Å². The minimum absolute atomic E-state index is 0.251. The summed E-state index contributed by atoms with van der Waals surface area (Å²) in [6.45, 7) is 3.42. The van der Waals surface area contributed by atoms with Gasteiger partial charge in [-0.2, -0.15) is 0 Å². The Bertz CT molecular complexity index is 841. The molecule has 132 valence electrons. The second-order valence-electron chi connectivity index (χ2n) is 6.41. The Morgan fingerprint density at radius 1 is 1.24 bits per heavy atom. The molecule has 1 atom stereocenters. The first-order valence-electron chi connectivity index (χ1n) is 8.39. The van der Waals surface area contributed by atoms with E-state index in [0.29, 0.717) is 31.7 Å². The van der Waals surface area contributed by atoms with Crippen molar-refractivity contribution in [2.24, 2.45) is 7.05 Å². The first-order chi connectivity index (χ1) is 12.1. The lowest BCUT2D eigenvalue weighted by atomic mass is 10.0. The van der Waals surface area contributed by atoms with Crippen molar-refractivity contribution in [2.45, 2.75) is 12.5 Å². The van der Waals surface area contributed by atoms with E-state index in [1.165, 1.54) is 4.90 Å². The molecule has 2 aliphatic heterocycles. The third-order valence-electron chi connectivity index (χ3n) is 4.96. The second kappa shape index (κ2) is 6.03. The fourth-order valence-electron chi connectivity index (χ4n) is 3.42. The van der Waals surface area contributed by atoms with Gasteiger partial charge in [0, 0.05) is 32.2 Å². The van der Waals surface area contributed by atoms with Gasteiger partial charge in [-0.05, 0) is 24.6 Å². The van der Waals surface area contributed by atoms with Crippen LogP contribution in [0.15, 0.2) is 18.2 Å². The van der Waals surface area contributed by atoms with Gasteiger partial charge in [0.05, 0.1) is 24.2 Å². The molecular formula is C17H20N4O4. The normalized spacial score (nSPS) is 20.6. The summed E-state index contributed by atoms with van der Waals surface area (Å²) in [5.74, 6) is -0.345. The van der Waals surface area contributed by atoms with E-state index in [1.807, 2.05) is 17.7 Å². The number of carboxylic acids is 1. The number of ether oxygens (including phenoxy) is 1. The Balaban J connectivity index is 1.64. The van der Waals surface area contributed by atoms with E-state index in [2.05, 4.69) is 9.88 Å². The topological polar surface area (TPSA) is 87.9 Å². The van der Waals surface area contributed by atoms with Gasteiger partial charge >= 0.3 is 5.97 Å². The van der Waals surface area contributed by atoms with Crippen LogP contribution in [0.3, 0.4) is 0 Å². The number of anilines is 1.